The fraction of sp³-hybridized carbons (Fsp3) is 0.312. The van der Waals surface area contributed by atoms with Gasteiger partial charge in [-0.05, 0) is 43.7 Å². The first kappa shape index (κ1) is 15.0. The highest BCUT2D eigenvalue weighted by molar-refractivity contribution is 9.10. The van der Waals surface area contributed by atoms with Gasteiger partial charge in [0.1, 0.15) is 0 Å². The SMILES string of the molecule is CCN(Cc1ccccn1)c1ccc([C@@H](C)N)c(Br)c1. The summed E-state index contributed by atoms with van der Waals surface area (Å²) in [5, 5.41) is 0. The highest BCUT2D eigenvalue weighted by Crippen LogP contribution is 2.28. The molecule has 2 aromatic rings. The zero-order valence-corrected chi connectivity index (χ0v) is 13.5. The number of anilines is 1. The summed E-state index contributed by atoms with van der Waals surface area (Å²) in [5.41, 5.74) is 9.32. The summed E-state index contributed by atoms with van der Waals surface area (Å²) >= 11 is 3.61. The van der Waals surface area contributed by atoms with Crippen molar-refractivity contribution in [1.82, 2.24) is 4.98 Å². The minimum absolute atomic E-state index is 0.0318. The first-order valence-corrected chi connectivity index (χ1v) is 7.61. The summed E-state index contributed by atoms with van der Waals surface area (Å²) in [6.45, 7) is 5.88. The van der Waals surface area contributed by atoms with Crippen LogP contribution in [0.1, 0.15) is 31.1 Å². The largest absolute Gasteiger partial charge is 0.366 e. The smallest absolute Gasteiger partial charge is 0.0601 e. The van der Waals surface area contributed by atoms with Gasteiger partial charge in [-0.15, -0.1) is 0 Å². The third-order valence-corrected chi connectivity index (χ3v) is 3.99. The number of pyridine rings is 1. The zero-order valence-electron chi connectivity index (χ0n) is 11.9. The molecule has 0 aliphatic rings. The Kier molecular flexibility index (Phi) is 5.15. The quantitative estimate of drug-likeness (QED) is 0.902. The second kappa shape index (κ2) is 6.86. The zero-order chi connectivity index (χ0) is 14.5. The number of halogens is 1. The van der Waals surface area contributed by atoms with Gasteiger partial charge < -0.3 is 10.6 Å². The summed E-state index contributed by atoms with van der Waals surface area (Å²) in [4.78, 5) is 6.68. The second-order valence-corrected chi connectivity index (χ2v) is 5.68. The Labute approximate surface area is 129 Å². The van der Waals surface area contributed by atoms with E-state index >= 15 is 0 Å². The molecular weight excluding hydrogens is 314 g/mol. The molecule has 1 aromatic heterocycles. The van der Waals surface area contributed by atoms with Crippen molar-refractivity contribution in [2.45, 2.75) is 26.4 Å². The molecule has 0 bridgehead atoms. The molecule has 0 unspecified atom stereocenters. The van der Waals surface area contributed by atoms with E-state index in [1.54, 1.807) is 0 Å². The molecule has 0 saturated carbocycles. The van der Waals surface area contributed by atoms with E-state index in [1.807, 2.05) is 31.3 Å². The molecule has 0 saturated heterocycles. The van der Waals surface area contributed by atoms with Gasteiger partial charge in [-0.1, -0.05) is 28.1 Å². The predicted octanol–water partition coefficient (Wildman–Crippen LogP) is 3.89. The van der Waals surface area contributed by atoms with Crippen LogP contribution < -0.4 is 10.6 Å². The molecule has 0 spiro atoms. The summed E-state index contributed by atoms with van der Waals surface area (Å²) < 4.78 is 1.06. The van der Waals surface area contributed by atoms with E-state index in [2.05, 4.69) is 50.9 Å². The van der Waals surface area contributed by atoms with Crippen molar-refractivity contribution in [3.05, 3.63) is 58.3 Å². The summed E-state index contributed by atoms with van der Waals surface area (Å²) in [7, 11) is 0. The molecule has 0 amide bonds. The summed E-state index contributed by atoms with van der Waals surface area (Å²) in [6.07, 6.45) is 1.83. The molecule has 20 heavy (non-hydrogen) atoms. The fourth-order valence-corrected chi connectivity index (χ4v) is 2.88. The van der Waals surface area contributed by atoms with Crippen LogP contribution in [-0.2, 0) is 6.54 Å². The third-order valence-electron chi connectivity index (χ3n) is 3.30. The predicted molar refractivity (Wildman–Crippen MR) is 87.7 cm³/mol. The van der Waals surface area contributed by atoms with Gasteiger partial charge >= 0.3 is 0 Å². The van der Waals surface area contributed by atoms with Gasteiger partial charge in [0.05, 0.1) is 12.2 Å². The third kappa shape index (κ3) is 3.58. The Morgan fingerprint density at radius 3 is 2.65 bits per heavy atom. The maximum absolute atomic E-state index is 5.94. The van der Waals surface area contributed by atoms with Gasteiger partial charge in [0.2, 0.25) is 0 Å². The summed E-state index contributed by atoms with van der Waals surface area (Å²) in [6, 6.07) is 12.4. The lowest BCUT2D eigenvalue weighted by Crippen LogP contribution is -2.22. The van der Waals surface area contributed by atoms with Crippen LogP contribution in [0.15, 0.2) is 47.1 Å². The van der Waals surface area contributed by atoms with Crippen LogP contribution in [0, 0.1) is 0 Å². The maximum atomic E-state index is 5.94. The van der Waals surface area contributed by atoms with Crippen LogP contribution in [0.2, 0.25) is 0 Å². The Hall–Kier alpha value is -1.39. The van der Waals surface area contributed by atoms with Crippen molar-refractivity contribution in [3.63, 3.8) is 0 Å². The van der Waals surface area contributed by atoms with Crippen LogP contribution in [0.25, 0.3) is 0 Å². The van der Waals surface area contributed by atoms with Crippen molar-refractivity contribution in [3.8, 4) is 0 Å². The molecule has 0 aliphatic carbocycles. The van der Waals surface area contributed by atoms with Crippen LogP contribution in [0.5, 0.6) is 0 Å². The Bertz CT molecular complexity index is 555. The molecular formula is C16H20BrN3. The normalized spacial score (nSPS) is 12.2. The van der Waals surface area contributed by atoms with Crippen LogP contribution in [0.4, 0.5) is 5.69 Å². The molecule has 1 atom stereocenters. The van der Waals surface area contributed by atoms with E-state index in [0.717, 1.165) is 28.8 Å². The van der Waals surface area contributed by atoms with Crippen molar-refractivity contribution in [1.29, 1.82) is 0 Å². The van der Waals surface area contributed by atoms with Crippen LogP contribution >= 0.6 is 15.9 Å². The van der Waals surface area contributed by atoms with E-state index in [-0.39, 0.29) is 6.04 Å². The first-order valence-electron chi connectivity index (χ1n) is 6.81. The van der Waals surface area contributed by atoms with E-state index in [1.165, 1.54) is 5.69 Å². The number of hydrogen-bond acceptors (Lipinski definition) is 3. The molecule has 2 rings (SSSR count). The molecule has 106 valence electrons. The van der Waals surface area contributed by atoms with Crippen molar-refractivity contribution in [2.75, 3.05) is 11.4 Å². The molecule has 1 heterocycles. The first-order chi connectivity index (χ1) is 9.61. The number of nitrogens with two attached hydrogens (primary N) is 1. The topological polar surface area (TPSA) is 42.2 Å². The molecule has 0 radical (unpaired) electrons. The lowest BCUT2D eigenvalue weighted by molar-refractivity contribution is 0.798. The lowest BCUT2D eigenvalue weighted by Gasteiger charge is -2.24. The Balaban J connectivity index is 2.22. The maximum Gasteiger partial charge on any atom is 0.0601 e. The van der Waals surface area contributed by atoms with E-state index in [4.69, 9.17) is 5.73 Å². The molecule has 0 aliphatic heterocycles. The lowest BCUT2D eigenvalue weighted by atomic mass is 10.1. The van der Waals surface area contributed by atoms with Gasteiger partial charge in [-0.2, -0.15) is 0 Å². The highest BCUT2D eigenvalue weighted by atomic mass is 79.9. The standard InChI is InChI=1S/C16H20BrN3/c1-3-20(11-13-6-4-5-9-19-13)14-7-8-15(12(2)18)16(17)10-14/h4-10,12H,3,11,18H2,1-2H3/t12-/m1/s1. The molecule has 1 aromatic carbocycles. The van der Waals surface area contributed by atoms with Gasteiger partial charge in [0.25, 0.3) is 0 Å². The summed E-state index contributed by atoms with van der Waals surface area (Å²) in [5.74, 6) is 0. The van der Waals surface area contributed by atoms with Crippen LogP contribution in [-0.4, -0.2) is 11.5 Å². The van der Waals surface area contributed by atoms with Gasteiger partial charge in [-0.3, -0.25) is 4.98 Å². The molecule has 2 N–H and O–H groups in total. The van der Waals surface area contributed by atoms with E-state index in [0.29, 0.717) is 0 Å². The fourth-order valence-electron chi connectivity index (χ4n) is 2.15. The number of rotatable bonds is 5. The number of benzene rings is 1. The van der Waals surface area contributed by atoms with Gasteiger partial charge in [0.15, 0.2) is 0 Å². The highest BCUT2D eigenvalue weighted by Gasteiger charge is 2.10. The average Bonchev–Trinajstić information content (AvgIpc) is 2.45. The van der Waals surface area contributed by atoms with Gasteiger partial charge in [-0.25, -0.2) is 0 Å². The monoisotopic (exact) mass is 333 g/mol. The number of aromatic nitrogens is 1. The van der Waals surface area contributed by atoms with Crippen molar-refractivity contribution >= 4 is 21.6 Å². The molecule has 3 nitrogen and oxygen atoms in total. The number of hydrogen-bond donors (Lipinski definition) is 1. The van der Waals surface area contributed by atoms with E-state index < -0.39 is 0 Å². The van der Waals surface area contributed by atoms with Gasteiger partial charge in [0, 0.05) is 28.9 Å². The average molecular weight is 334 g/mol. The van der Waals surface area contributed by atoms with Crippen LogP contribution in [0.3, 0.4) is 0 Å². The van der Waals surface area contributed by atoms with Crippen molar-refractivity contribution < 1.29 is 0 Å². The molecule has 0 fully saturated rings. The van der Waals surface area contributed by atoms with Crippen molar-refractivity contribution in [2.24, 2.45) is 5.73 Å². The number of nitrogens with zero attached hydrogens (tertiary/aromatic N) is 2. The van der Waals surface area contributed by atoms with E-state index in [9.17, 15) is 0 Å². The Morgan fingerprint density at radius 1 is 1.30 bits per heavy atom. The molecule has 4 heteroatoms. The minimum atomic E-state index is 0.0318. The second-order valence-electron chi connectivity index (χ2n) is 4.83. The Morgan fingerprint density at radius 2 is 2.10 bits per heavy atom. The minimum Gasteiger partial charge on any atom is -0.366 e.